The Morgan fingerprint density at radius 1 is 1.50 bits per heavy atom. The highest BCUT2D eigenvalue weighted by Gasteiger charge is 2.19. The molecule has 0 spiro atoms. The van der Waals surface area contributed by atoms with Crippen molar-refractivity contribution in [2.45, 2.75) is 26.0 Å². The van der Waals surface area contributed by atoms with Gasteiger partial charge < -0.3 is 15.6 Å². The Kier molecular flexibility index (Phi) is 5.82. The minimum atomic E-state index is -1.64. The Morgan fingerprint density at radius 2 is 2.07 bits per heavy atom. The maximum atomic E-state index is 10.6. The lowest BCUT2D eigenvalue weighted by Gasteiger charge is -2.17. The van der Waals surface area contributed by atoms with Crippen LogP contribution in [0, 0.1) is 5.92 Å². The van der Waals surface area contributed by atoms with Crippen molar-refractivity contribution in [3.8, 4) is 0 Å². The van der Waals surface area contributed by atoms with Crippen LogP contribution in [0.15, 0.2) is 0 Å². The molecule has 6 nitrogen and oxygen atoms in total. The molecular formula is C8H16N2O4. The number of hydrogen-bond acceptors (Lipinski definition) is 5. The Morgan fingerprint density at radius 3 is 2.43 bits per heavy atom. The molecular weight excluding hydrogens is 188 g/mol. The van der Waals surface area contributed by atoms with Crippen LogP contribution in [0.5, 0.6) is 0 Å². The molecule has 0 saturated carbocycles. The van der Waals surface area contributed by atoms with E-state index in [0.717, 1.165) is 6.42 Å². The quantitative estimate of drug-likeness (QED) is 0.309. The van der Waals surface area contributed by atoms with Gasteiger partial charge in [-0.15, -0.1) is 0 Å². The summed E-state index contributed by atoms with van der Waals surface area (Å²) in [4.78, 5) is 20.7. The Hall–Kier alpha value is -1.14. The molecule has 0 aromatic carbocycles. The minimum Gasteiger partial charge on any atom is -0.473 e. The first-order chi connectivity index (χ1) is 6.51. The van der Waals surface area contributed by atoms with E-state index in [1.165, 1.54) is 0 Å². The van der Waals surface area contributed by atoms with Crippen LogP contribution in [0.3, 0.4) is 0 Å². The second-order valence-electron chi connectivity index (χ2n) is 2.99. The first-order valence-corrected chi connectivity index (χ1v) is 4.40. The highest BCUT2D eigenvalue weighted by molar-refractivity contribution is 6.28. The Balaban J connectivity index is 3.90. The van der Waals surface area contributed by atoms with Gasteiger partial charge in [0, 0.05) is 6.42 Å². The number of carboxylic acid groups (broad SMARTS) is 1. The van der Waals surface area contributed by atoms with Crippen LogP contribution in [-0.4, -0.2) is 29.8 Å². The molecule has 0 aliphatic heterocycles. The SMILES string of the molecule is CCC(CN)CC(N)OC(=O)C(=O)O. The van der Waals surface area contributed by atoms with Crippen molar-refractivity contribution in [3.63, 3.8) is 0 Å². The molecule has 0 radical (unpaired) electrons. The van der Waals surface area contributed by atoms with Gasteiger partial charge in [-0.25, -0.2) is 9.59 Å². The molecule has 0 amide bonds. The van der Waals surface area contributed by atoms with Gasteiger partial charge >= 0.3 is 11.9 Å². The van der Waals surface area contributed by atoms with Gasteiger partial charge in [0.05, 0.1) is 0 Å². The molecule has 0 rings (SSSR count). The van der Waals surface area contributed by atoms with Gasteiger partial charge in [0.1, 0.15) is 0 Å². The third kappa shape index (κ3) is 4.78. The van der Waals surface area contributed by atoms with Crippen molar-refractivity contribution in [2.24, 2.45) is 17.4 Å². The summed E-state index contributed by atoms with van der Waals surface area (Å²) in [5.41, 5.74) is 10.8. The normalized spacial score (nSPS) is 14.5. The van der Waals surface area contributed by atoms with Crippen LogP contribution >= 0.6 is 0 Å². The summed E-state index contributed by atoms with van der Waals surface area (Å²) in [5.74, 6) is -2.82. The summed E-state index contributed by atoms with van der Waals surface area (Å²) in [6.45, 7) is 2.37. The van der Waals surface area contributed by atoms with Gasteiger partial charge in [0.25, 0.3) is 0 Å². The van der Waals surface area contributed by atoms with E-state index in [0.29, 0.717) is 13.0 Å². The molecule has 0 bridgehead atoms. The van der Waals surface area contributed by atoms with Crippen molar-refractivity contribution in [1.82, 2.24) is 0 Å². The number of rotatable bonds is 5. The lowest BCUT2D eigenvalue weighted by molar-refractivity contribution is -0.167. The zero-order valence-corrected chi connectivity index (χ0v) is 8.10. The van der Waals surface area contributed by atoms with E-state index in [4.69, 9.17) is 16.6 Å². The summed E-state index contributed by atoms with van der Waals surface area (Å²) in [6.07, 6.45) is 0.299. The molecule has 0 saturated heterocycles. The molecule has 2 atom stereocenters. The number of carboxylic acids is 1. The van der Waals surface area contributed by atoms with Crippen LogP contribution in [0.2, 0.25) is 0 Å². The molecule has 0 aliphatic carbocycles. The molecule has 0 fully saturated rings. The average molecular weight is 204 g/mol. The first kappa shape index (κ1) is 12.9. The van der Waals surface area contributed by atoms with E-state index in [9.17, 15) is 9.59 Å². The zero-order chi connectivity index (χ0) is 11.1. The number of carbonyl (C=O) groups is 2. The third-order valence-electron chi connectivity index (χ3n) is 1.91. The lowest BCUT2D eigenvalue weighted by Crippen LogP contribution is -2.34. The summed E-state index contributed by atoms with van der Waals surface area (Å²) >= 11 is 0. The Labute approximate surface area is 82.2 Å². The molecule has 0 heterocycles. The lowest BCUT2D eigenvalue weighted by atomic mass is 10.0. The topological polar surface area (TPSA) is 116 Å². The maximum Gasteiger partial charge on any atom is 0.418 e. The van der Waals surface area contributed by atoms with Crippen molar-refractivity contribution < 1.29 is 19.4 Å². The maximum absolute atomic E-state index is 10.6. The smallest absolute Gasteiger partial charge is 0.418 e. The summed E-state index contributed by atoms with van der Waals surface area (Å²) in [6, 6.07) is 0. The number of carbonyl (C=O) groups excluding carboxylic acids is 1. The van der Waals surface area contributed by atoms with Crippen molar-refractivity contribution in [2.75, 3.05) is 6.54 Å². The number of hydrogen-bond donors (Lipinski definition) is 3. The Bertz CT molecular complexity index is 204. The van der Waals surface area contributed by atoms with Crippen LogP contribution in [0.25, 0.3) is 0 Å². The van der Waals surface area contributed by atoms with Crippen molar-refractivity contribution in [1.29, 1.82) is 0 Å². The van der Waals surface area contributed by atoms with E-state index >= 15 is 0 Å². The van der Waals surface area contributed by atoms with E-state index in [1.54, 1.807) is 0 Å². The van der Waals surface area contributed by atoms with E-state index in [1.807, 2.05) is 6.92 Å². The fourth-order valence-electron chi connectivity index (χ4n) is 0.994. The van der Waals surface area contributed by atoms with Gasteiger partial charge in [0.2, 0.25) is 0 Å². The van der Waals surface area contributed by atoms with Crippen LogP contribution in [0.4, 0.5) is 0 Å². The molecule has 82 valence electrons. The molecule has 2 unspecified atom stereocenters. The predicted octanol–water partition coefficient (Wildman–Crippen LogP) is -0.726. The standard InChI is InChI=1S/C8H16N2O4/c1-2-5(4-9)3-6(10)14-8(13)7(11)12/h5-6H,2-4,9-10H2,1H3,(H,11,12). The molecule has 0 aromatic heterocycles. The largest absolute Gasteiger partial charge is 0.473 e. The van der Waals surface area contributed by atoms with Crippen LogP contribution in [0.1, 0.15) is 19.8 Å². The van der Waals surface area contributed by atoms with Gasteiger partial charge in [0.15, 0.2) is 6.23 Å². The molecule has 6 heteroatoms. The number of nitrogens with two attached hydrogens (primary N) is 2. The van der Waals surface area contributed by atoms with Crippen molar-refractivity contribution in [3.05, 3.63) is 0 Å². The average Bonchev–Trinajstić information content (AvgIpc) is 2.13. The van der Waals surface area contributed by atoms with Gasteiger partial charge in [-0.05, 0) is 12.5 Å². The number of aliphatic carboxylic acids is 1. The number of esters is 1. The van der Waals surface area contributed by atoms with E-state index < -0.39 is 18.2 Å². The minimum absolute atomic E-state index is 0.145. The highest BCUT2D eigenvalue weighted by Crippen LogP contribution is 2.08. The van der Waals surface area contributed by atoms with Crippen LogP contribution in [-0.2, 0) is 14.3 Å². The molecule has 14 heavy (non-hydrogen) atoms. The van der Waals surface area contributed by atoms with Crippen LogP contribution < -0.4 is 11.5 Å². The second-order valence-corrected chi connectivity index (χ2v) is 2.99. The molecule has 5 N–H and O–H groups in total. The fourth-order valence-corrected chi connectivity index (χ4v) is 0.994. The van der Waals surface area contributed by atoms with Gasteiger partial charge in [-0.2, -0.15) is 0 Å². The first-order valence-electron chi connectivity index (χ1n) is 4.40. The molecule has 0 aromatic rings. The number of ether oxygens (including phenoxy) is 1. The van der Waals surface area contributed by atoms with E-state index in [-0.39, 0.29) is 5.92 Å². The summed E-state index contributed by atoms with van der Waals surface area (Å²) in [7, 11) is 0. The zero-order valence-electron chi connectivity index (χ0n) is 8.10. The fraction of sp³-hybridized carbons (Fsp3) is 0.750. The van der Waals surface area contributed by atoms with Gasteiger partial charge in [-0.3, -0.25) is 5.73 Å². The monoisotopic (exact) mass is 204 g/mol. The highest BCUT2D eigenvalue weighted by atomic mass is 16.6. The predicted molar refractivity (Wildman–Crippen MR) is 49.2 cm³/mol. The second kappa shape index (κ2) is 6.33. The van der Waals surface area contributed by atoms with Gasteiger partial charge in [-0.1, -0.05) is 13.3 Å². The molecule has 0 aliphatic rings. The third-order valence-corrected chi connectivity index (χ3v) is 1.91. The summed E-state index contributed by atoms with van der Waals surface area (Å²) in [5, 5.41) is 8.22. The summed E-state index contributed by atoms with van der Waals surface area (Å²) < 4.78 is 4.43. The van der Waals surface area contributed by atoms with E-state index in [2.05, 4.69) is 4.74 Å². The van der Waals surface area contributed by atoms with Crippen molar-refractivity contribution >= 4 is 11.9 Å².